The first-order valence-corrected chi connectivity index (χ1v) is 8.87. The maximum absolute atomic E-state index is 6.25. The number of ether oxygens (including phenoxy) is 1. The molecule has 0 aliphatic rings. The summed E-state index contributed by atoms with van der Waals surface area (Å²) in [7, 11) is 0. The Balaban J connectivity index is 0.00000225. The van der Waals surface area contributed by atoms with Crippen LogP contribution in [0.4, 0.5) is 0 Å². The van der Waals surface area contributed by atoms with E-state index in [9.17, 15) is 0 Å². The van der Waals surface area contributed by atoms with Gasteiger partial charge in [-0.2, -0.15) is 0 Å². The van der Waals surface area contributed by atoms with Crippen molar-refractivity contribution in [1.82, 2.24) is 0 Å². The van der Waals surface area contributed by atoms with Gasteiger partial charge in [-0.15, -0.1) is 0 Å². The summed E-state index contributed by atoms with van der Waals surface area (Å²) < 4.78 is 7.26. The molecule has 25 heavy (non-hydrogen) atoms. The van der Waals surface area contributed by atoms with Crippen molar-refractivity contribution in [2.75, 3.05) is 0 Å². The van der Waals surface area contributed by atoms with Gasteiger partial charge in [0.15, 0.2) is 0 Å². The molecule has 0 aliphatic heterocycles. The van der Waals surface area contributed by atoms with Crippen molar-refractivity contribution in [3.63, 3.8) is 0 Å². The molecule has 0 bridgehead atoms. The van der Waals surface area contributed by atoms with E-state index in [-0.39, 0.29) is 16.4 Å². The zero-order valence-electron chi connectivity index (χ0n) is 14.7. The van der Waals surface area contributed by atoms with E-state index in [4.69, 9.17) is 4.74 Å². The number of hydrogen-bond acceptors (Lipinski definition) is 1. The topological polar surface area (TPSA) is 9.23 Å². The maximum atomic E-state index is 6.25. The lowest BCUT2D eigenvalue weighted by Gasteiger charge is -2.26. The van der Waals surface area contributed by atoms with Crippen LogP contribution in [0.25, 0.3) is 11.1 Å². The van der Waals surface area contributed by atoms with Crippen LogP contribution in [0.1, 0.15) is 26.3 Å². The van der Waals surface area contributed by atoms with Crippen LogP contribution in [-0.2, 0) is 5.41 Å². The van der Waals surface area contributed by atoms with Crippen molar-refractivity contribution in [3.8, 4) is 22.6 Å². The maximum Gasteiger partial charge on any atom is 0.131 e. The molecule has 4 radical (unpaired) electrons. The van der Waals surface area contributed by atoms with E-state index in [1.54, 1.807) is 0 Å². The minimum atomic E-state index is -0.0339. The van der Waals surface area contributed by atoms with Crippen LogP contribution < -0.4 is 4.74 Å². The molecule has 0 atom stereocenters. The SMILES string of the molecule is CC(C)(C)c1c(Oc2cccc(Br)c2)cccc1-c1ccccc1.[Si]. The van der Waals surface area contributed by atoms with Gasteiger partial charge in [0.05, 0.1) is 0 Å². The lowest BCUT2D eigenvalue weighted by atomic mass is 9.81. The average molecular weight is 409 g/mol. The number of benzene rings is 3. The van der Waals surface area contributed by atoms with Crippen molar-refractivity contribution in [1.29, 1.82) is 0 Å². The molecule has 1 nitrogen and oxygen atoms in total. The number of halogens is 1. The summed E-state index contributed by atoms with van der Waals surface area (Å²) in [5, 5.41) is 0. The highest BCUT2D eigenvalue weighted by molar-refractivity contribution is 9.10. The second kappa shape index (κ2) is 8.02. The molecule has 0 fully saturated rings. The summed E-state index contributed by atoms with van der Waals surface area (Å²) in [4.78, 5) is 0. The fourth-order valence-corrected chi connectivity index (χ4v) is 3.28. The summed E-state index contributed by atoms with van der Waals surface area (Å²) in [6.07, 6.45) is 0. The van der Waals surface area contributed by atoms with Gasteiger partial charge in [-0.3, -0.25) is 0 Å². The van der Waals surface area contributed by atoms with Gasteiger partial charge in [-0.1, -0.05) is 85.2 Å². The monoisotopic (exact) mass is 408 g/mol. The molecule has 0 N–H and O–H groups in total. The van der Waals surface area contributed by atoms with Gasteiger partial charge >= 0.3 is 0 Å². The predicted octanol–water partition coefficient (Wildman–Crippen LogP) is 6.83. The quantitative estimate of drug-likeness (QED) is 0.431. The van der Waals surface area contributed by atoms with Crippen LogP contribution in [0.5, 0.6) is 11.5 Å². The van der Waals surface area contributed by atoms with Crippen molar-refractivity contribution in [2.45, 2.75) is 26.2 Å². The lowest BCUT2D eigenvalue weighted by molar-refractivity contribution is 0.456. The normalized spacial score (nSPS) is 10.9. The molecule has 126 valence electrons. The molecule has 0 aromatic heterocycles. The Hall–Kier alpha value is -1.84. The average Bonchev–Trinajstić information content (AvgIpc) is 2.54. The molecule has 3 heteroatoms. The fourth-order valence-electron chi connectivity index (χ4n) is 2.91. The smallest absolute Gasteiger partial charge is 0.131 e. The fraction of sp³-hybridized carbons (Fsp3) is 0.182. The highest BCUT2D eigenvalue weighted by Crippen LogP contribution is 2.41. The molecule has 3 aromatic carbocycles. The van der Waals surface area contributed by atoms with E-state index in [1.165, 1.54) is 16.7 Å². The zero-order valence-corrected chi connectivity index (χ0v) is 17.3. The van der Waals surface area contributed by atoms with E-state index in [0.29, 0.717) is 0 Å². The summed E-state index contributed by atoms with van der Waals surface area (Å²) >= 11 is 3.50. The Kier molecular flexibility index (Phi) is 6.25. The third-order valence-electron chi connectivity index (χ3n) is 3.88. The van der Waals surface area contributed by atoms with E-state index >= 15 is 0 Å². The van der Waals surface area contributed by atoms with Gasteiger partial charge in [-0.25, -0.2) is 0 Å². The summed E-state index contributed by atoms with van der Waals surface area (Å²) in [6.45, 7) is 6.67. The van der Waals surface area contributed by atoms with Crippen molar-refractivity contribution in [2.24, 2.45) is 0 Å². The van der Waals surface area contributed by atoms with E-state index in [0.717, 1.165) is 16.0 Å². The second-order valence-corrected chi connectivity index (χ2v) is 7.77. The molecular formula is C22H21BrOSi. The van der Waals surface area contributed by atoms with Crippen LogP contribution in [0.2, 0.25) is 0 Å². The van der Waals surface area contributed by atoms with Gasteiger partial charge in [0.25, 0.3) is 0 Å². The van der Waals surface area contributed by atoms with Gasteiger partial charge in [-0.05, 0) is 40.8 Å². The summed E-state index contributed by atoms with van der Waals surface area (Å²) in [5.41, 5.74) is 3.61. The molecule has 0 spiro atoms. The molecular weight excluding hydrogens is 388 g/mol. The minimum Gasteiger partial charge on any atom is -0.457 e. The molecule has 0 amide bonds. The highest BCUT2D eigenvalue weighted by atomic mass is 79.9. The van der Waals surface area contributed by atoms with Gasteiger partial charge in [0.2, 0.25) is 0 Å². The summed E-state index contributed by atoms with van der Waals surface area (Å²) in [6, 6.07) is 24.7. The molecule has 3 rings (SSSR count). The third kappa shape index (κ3) is 4.62. The van der Waals surface area contributed by atoms with Crippen LogP contribution in [-0.4, -0.2) is 11.0 Å². The Bertz CT molecular complexity index is 838. The molecule has 0 aliphatic carbocycles. The Morgan fingerprint density at radius 3 is 2.12 bits per heavy atom. The Morgan fingerprint density at radius 1 is 0.800 bits per heavy atom. The van der Waals surface area contributed by atoms with E-state index in [1.807, 2.05) is 36.4 Å². The Morgan fingerprint density at radius 2 is 1.48 bits per heavy atom. The molecule has 0 heterocycles. The van der Waals surface area contributed by atoms with E-state index < -0.39 is 0 Å². The molecule has 0 unspecified atom stereocenters. The van der Waals surface area contributed by atoms with Crippen LogP contribution in [0.15, 0.2) is 77.3 Å². The highest BCUT2D eigenvalue weighted by Gasteiger charge is 2.24. The molecule has 0 saturated heterocycles. The Labute approximate surface area is 163 Å². The van der Waals surface area contributed by atoms with Crippen LogP contribution in [0, 0.1) is 0 Å². The van der Waals surface area contributed by atoms with Crippen LogP contribution in [0.3, 0.4) is 0 Å². The largest absolute Gasteiger partial charge is 0.457 e. The lowest BCUT2D eigenvalue weighted by Crippen LogP contribution is -2.14. The summed E-state index contributed by atoms with van der Waals surface area (Å²) in [5.74, 6) is 1.74. The van der Waals surface area contributed by atoms with Gasteiger partial charge in [0, 0.05) is 21.0 Å². The standard InChI is InChI=1S/C22H21BrO.Si/c1-22(2,3)21-19(16-9-5-4-6-10-16)13-8-14-20(21)24-18-12-7-11-17(23)15-18;/h4-15H,1-3H3;. The third-order valence-corrected chi connectivity index (χ3v) is 4.38. The zero-order chi connectivity index (χ0) is 17.2. The van der Waals surface area contributed by atoms with Crippen LogP contribution >= 0.6 is 15.9 Å². The second-order valence-electron chi connectivity index (χ2n) is 6.85. The number of rotatable bonds is 3. The molecule has 0 saturated carbocycles. The van der Waals surface area contributed by atoms with Crippen molar-refractivity contribution in [3.05, 3.63) is 82.8 Å². The minimum absolute atomic E-state index is 0. The van der Waals surface area contributed by atoms with Crippen molar-refractivity contribution >= 4 is 26.9 Å². The first kappa shape index (κ1) is 19.5. The van der Waals surface area contributed by atoms with Crippen molar-refractivity contribution < 1.29 is 4.74 Å². The van der Waals surface area contributed by atoms with Gasteiger partial charge in [0.1, 0.15) is 11.5 Å². The number of hydrogen-bond donors (Lipinski definition) is 0. The first-order valence-electron chi connectivity index (χ1n) is 8.07. The van der Waals surface area contributed by atoms with Gasteiger partial charge < -0.3 is 4.74 Å². The predicted molar refractivity (Wildman–Crippen MR) is 111 cm³/mol. The first-order chi connectivity index (χ1) is 11.4. The molecule has 3 aromatic rings. The van der Waals surface area contributed by atoms with E-state index in [2.05, 4.69) is 73.1 Å².